The van der Waals surface area contributed by atoms with Crippen molar-refractivity contribution in [3.8, 4) is 5.75 Å². The summed E-state index contributed by atoms with van der Waals surface area (Å²) in [6, 6.07) is 9.72. The summed E-state index contributed by atoms with van der Waals surface area (Å²) in [7, 11) is 0. The highest BCUT2D eigenvalue weighted by molar-refractivity contribution is 5.64. The molecule has 0 aliphatic rings. The smallest absolute Gasteiger partial charge is 0.224 e. The Morgan fingerprint density at radius 1 is 1.15 bits per heavy atom. The summed E-state index contributed by atoms with van der Waals surface area (Å²) < 4.78 is 5.60. The molecule has 0 aliphatic carbocycles. The standard InChI is InChI=1S/C15H20N4O/c1-4-16-15-17-11(3)10-14(19-15)18-12-8-6-7-9-13(12)20-5-2/h6-10H,4-5H2,1-3H3,(H2,16,17,18,19). The zero-order chi connectivity index (χ0) is 14.4. The number of hydrogen-bond acceptors (Lipinski definition) is 5. The number of hydrogen-bond donors (Lipinski definition) is 2. The van der Waals surface area contributed by atoms with Crippen molar-refractivity contribution in [3.05, 3.63) is 36.0 Å². The summed E-state index contributed by atoms with van der Waals surface area (Å²) in [4.78, 5) is 8.76. The molecule has 2 aromatic rings. The molecule has 2 N–H and O–H groups in total. The lowest BCUT2D eigenvalue weighted by atomic mass is 10.3. The van der Waals surface area contributed by atoms with Crippen LogP contribution >= 0.6 is 0 Å². The number of aryl methyl sites for hydroxylation is 1. The lowest BCUT2D eigenvalue weighted by molar-refractivity contribution is 0.342. The van der Waals surface area contributed by atoms with E-state index in [1.54, 1.807) is 0 Å². The molecular formula is C15H20N4O. The molecule has 1 heterocycles. The molecule has 20 heavy (non-hydrogen) atoms. The molecule has 0 radical (unpaired) electrons. The lowest BCUT2D eigenvalue weighted by Gasteiger charge is -2.12. The van der Waals surface area contributed by atoms with Gasteiger partial charge in [0, 0.05) is 18.3 Å². The zero-order valence-electron chi connectivity index (χ0n) is 12.1. The third kappa shape index (κ3) is 3.60. The molecule has 0 saturated carbocycles. The van der Waals surface area contributed by atoms with Crippen molar-refractivity contribution < 1.29 is 4.74 Å². The summed E-state index contributed by atoms with van der Waals surface area (Å²) in [5.41, 5.74) is 1.81. The second kappa shape index (κ2) is 6.75. The van der Waals surface area contributed by atoms with Gasteiger partial charge in [0.25, 0.3) is 0 Å². The van der Waals surface area contributed by atoms with Gasteiger partial charge in [-0.15, -0.1) is 0 Å². The number of rotatable bonds is 6. The second-order valence-corrected chi connectivity index (χ2v) is 4.30. The molecule has 106 valence electrons. The van der Waals surface area contributed by atoms with Gasteiger partial charge in [0.15, 0.2) is 0 Å². The van der Waals surface area contributed by atoms with Crippen molar-refractivity contribution in [2.45, 2.75) is 20.8 Å². The highest BCUT2D eigenvalue weighted by Gasteiger charge is 2.06. The van der Waals surface area contributed by atoms with Crippen LogP contribution in [0.4, 0.5) is 17.5 Å². The van der Waals surface area contributed by atoms with Crippen molar-refractivity contribution in [3.63, 3.8) is 0 Å². The van der Waals surface area contributed by atoms with Crippen LogP contribution in [0.3, 0.4) is 0 Å². The number of benzene rings is 1. The van der Waals surface area contributed by atoms with Gasteiger partial charge < -0.3 is 15.4 Å². The van der Waals surface area contributed by atoms with E-state index in [0.717, 1.165) is 29.5 Å². The Hall–Kier alpha value is -2.30. The Bertz CT molecular complexity index is 572. The molecule has 0 saturated heterocycles. The third-order valence-corrected chi connectivity index (χ3v) is 2.64. The van der Waals surface area contributed by atoms with Gasteiger partial charge in [0.2, 0.25) is 5.95 Å². The predicted molar refractivity (Wildman–Crippen MR) is 81.8 cm³/mol. The highest BCUT2D eigenvalue weighted by Crippen LogP contribution is 2.27. The first kappa shape index (κ1) is 14.1. The van der Waals surface area contributed by atoms with E-state index in [4.69, 9.17) is 4.74 Å². The van der Waals surface area contributed by atoms with E-state index >= 15 is 0 Å². The van der Waals surface area contributed by atoms with Crippen LogP contribution in [0.25, 0.3) is 0 Å². The van der Waals surface area contributed by atoms with Crippen LogP contribution in [-0.4, -0.2) is 23.1 Å². The molecule has 0 atom stereocenters. The Morgan fingerprint density at radius 2 is 1.95 bits per heavy atom. The van der Waals surface area contributed by atoms with E-state index in [1.165, 1.54) is 0 Å². The fourth-order valence-corrected chi connectivity index (χ4v) is 1.86. The van der Waals surface area contributed by atoms with Gasteiger partial charge in [-0.2, -0.15) is 4.98 Å². The highest BCUT2D eigenvalue weighted by atomic mass is 16.5. The van der Waals surface area contributed by atoms with Gasteiger partial charge in [-0.05, 0) is 32.9 Å². The van der Waals surface area contributed by atoms with Crippen LogP contribution in [0.15, 0.2) is 30.3 Å². The SMILES string of the molecule is CCNc1nc(C)cc(Nc2ccccc2OCC)n1. The summed E-state index contributed by atoms with van der Waals surface area (Å²) in [6.45, 7) is 7.35. The monoisotopic (exact) mass is 272 g/mol. The quantitative estimate of drug-likeness (QED) is 0.844. The van der Waals surface area contributed by atoms with E-state index in [-0.39, 0.29) is 0 Å². The predicted octanol–water partition coefficient (Wildman–Crippen LogP) is 3.36. The third-order valence-electron chi connectivity index (χ3n) is 2.64. The molecule has 5 nitrogen and oxygen atoms in total. The maximum atomic E-state index is 5.60. The molecule has 1 aromatic carbocycles. The Kier molecular flexibility index (Phi) is 4.76. The van der Waals surface area contributed by atoms with Crippen molar-refractivity contribution in [1.82, 2.24) is 9.97 Å². The number of anilines is 3. The molecule has 2 rings (SSSR count). The fourth-order valence-electron chi connectivity index (χ4n) is 1.86. The van der Waals surface area contributed by atoms with E-state index in [1.807, 2.05) is 51.1 Å². The van der Waals surface area contributed by atoms with Crippen LogP contribution in [-0.2, 0) is 0 Å². The lowest BCUT2D eigenvalue weighted by Crippen LogP contribution is -2.06. The van der Waals surface area contributed by atoms with E-state index in [9.17, 15) is 0 Å². The van der Waals surface area contributed by atoms with Gasteiger partial charge in [0.1, 0.15) is 11.6 Å². The first-order valence-electron chi connectivity index (χ1n) is 6.81. The zero-order valence-corrected chi connectivity index (χ0v) is 12.1. The average Bonchev–Trinajstić information content (AvgIpc) is 2.41. The summed E-state index contributed by atoms with van der Waals surface area (Å²) in [6.07, 6.45) is 0. The van der Waals surface area contributed by atoms with Gasteiger partial charge in [-0.3, -0.25) is 0 Å². The van der Waals surface area contributed by atoms with Gasteiger partial charge in [-0.25, -0.2) is 4.98 Å². The van der Waals surface area contributed by atoms with Crippen molar-refractivity contribution in [2.75, 3.05) is 23.8 Å². The summed E-state index contributed by atoms with van der Waals surface area (Å²) >= 11 is 0. The number of ether oxygens (including phenoxy) is 1. The first-order valence-corrected chi connectivity index (χ1v) is 6.81. The molecule has 0 spiro atoms. The Morgan fingerprint density at radius 3 is 2.70 bits per heavy atom. The molecule has 0 amide bonds. The second-order valence-electron chi connectivity index (χ2n) is 4.30. The number of nitrogens with one attached hydrogen (secondary N) is 2. The van der Waals surface area contributed by atoms with Crippen LogP contribution in [0.5, 0.6) is 5.75 Å². The van der Waals surface area contributed by atoms with Crippen LogP contribution in [0.2, 0.25) is 0 Å². The molecule has 0 bridgehead atoms. The molecule has 5 heteroatoms. The van der Waals surface area contributed by atoms with E-state index in [2.05, 4.69) is 20.6 Å². The Labute approximate surface area is 119 Å². The summed E-state index contributed by atoms with van der Waals surface area (Å²) in [5, 5.41) is 6.40. The Balaban J connectivity index is 2.25. The van der Waals surface area contributed by atoms with Gasteiger partial charge >= 0.3 is 0 Å². The average molecular weight is 272 g/mol. The maximum absolute atomic E-state index is 5.60. The molecule has 1 aromatic heterocycles. The van der Waals surface area contributed by atoms with E-state index in [0.29, 0.717) is 12.6 Å². The molecule has 0 unspecified atom stereocenters. The van der Waals surface area contributed by atoms with Crippen molar-refractivity contribution in [1.29, 1.82) is 0 Å². The number of nitrogens with zero attached hydrogens (tertiary/aromatic N) is 2. The van der Waals surface area contributed by atoms with Crippen molar-refractivity contribution in [2.24, 2.45) is 0 Å². The molecule has 0 aliphatic heterocycles. The van der Waals surface area contributed by atoms with Gasteiger partial charge in [-0.1, -0.05) is 12.1 Å². The fraction of sp³-hybridized carbons (Fsp3) is 0.333. The van der Waals surface area contributed by atoms with Crippen LogP contribution < -0.4 is 15.4 Å². The molecular weight excluding hydrogens is 252 g/mol. The van der Waals surface area contributed by atoms with Crippen LogP contribution in [0, 0.1) is 6.92 Å². The minimum Gasteiger partial charge on any atom is -0.492 e. The number of aromatic nitrogens is 2. The van der Waals surface area contributed by atoms with E-state index < -0.39 is 0 Å². The van der Waals surface area contributed by atoms with Crippen molar-refractivity contribution >= 4 is 17.5 Å². The van der Waals surface area contributed by atoms with Crippen LogP contribution in [0.1, 0.15) is 19.5 Å². The largest absolute Gasteiger partial charge is 0.492 e. The first-order chi connectivity index (χ1) is 9.72. The van der Waals surface area contributed by atoms with Gasteiger partial charge in [0.05, 0.1) is 12.3 Å². The molecule has 0 fully saturated rings. The normalized spacial score (nSPS) is 10.2. The maximum Gasteiger partial charge on any atom is 0.224 e. The minimum atomic E-state index is 0.629. The number of para-hydroxylation sites is 2. The summed E-state index contributed by atoms with van der Waals surface area (Å²) in [5.74, 6) is 2.20. The minimum absolute atomic E-state index is 0.629. The topological polar surface area (TPSA) is 59.1 Å².